The number of carbonyl (C=O) groups is 2. The van der Waals surface area contributed by atoms with Gasteiger partial charge >= 0.3 is 0 Å². The molecule has 2 aliphatic rings. The zero-order chi connectivity index (χ0) is 22.8. The molecule has 1 fully saturated rings. The monoisotopic (exact) mass is 460 g/mol. The van der Waals surface area contributed by atoms with Crippen LogP contribution in [-0.4, -0.2) is 24.4 Å². The number of carbonyl (C=O) groups excluding carboxylic acids is 2. The van der Waals surface area contributed by atoms with Crippen LogP contribution in [0.2, 0.25) is 0 Å². The van der Waals surface area contributed by atoms with Crippen molar-refractivity contribution in [1.82, 2.24) is 0 Å². The molecule has 0 aromatic heterocycles. The number of ether oxygens (including phenoxy) is 2. The summed E-state index contributed by atoms with van der Waals surface area (Å²) < 4.78 is 10.9. The summed E-state index contributed by atoms with van der Waals surface area (Å²) in [5, 5.41) is 2.88. The summed E-state index contributed by atoms with van der Waals surface area (Å²) in [5.74, 6) is 1.49. The van der Waals surface area contributed by atoms with Crippen LogP contribution in [0.15, 0.2) is 72.8 Å². The minimum absolute atomic E-state index is 0.0356. The van der Waals surface area contributed by atoms with E-state index in [1.54, 1.807) is 16.7 Å². The van der Waals surface area contributed by atoms with Gasteiger partial charge in [0.15, 0.2) is 11.5 Å². The molecule has 2 atom stereocenters. The van der Waals surface area contributed by atoms with Gasteiger partial charge in [0.1, 0.15) is 5.37 Å². The molecule has 168 valence electrons. The lowest BCUT2D eigenvalue weighted by molar-refractivity contribution is -0.118. The average molecular weight is 461 g/mol. The molecule has 0 spiro atoms. The Bertz CT molecular complexity index is 1180. The lowest BCUT2D eigenvalue weighted by Crippen LogP contribution is -2.27. The van der Waals surface area contributed by atoms with E-state index in [9.17, 15) is 9.59 Å². The number of nitrogens with zero attached hydrogens (tertiary/aromatic N) is 1. The molecule has 0 bridgehead atoms. The second-order valence-electron chi connectivity index (χ2n) is 7.95. The second-order valence-corrected chi connectivity index (χ2v) is 9.02. The van der Waals surface area contributed by atoms with Crippen LogP contribution in [0.3, 0.4) is 0 Å². The molecule has 33 heavy (non-hydrogen) atoms. The SMILES string of the molecule is CC[C@H](C(=O)Nc1cccc([C@@H]2SCC(=O)N2c2ccc3c(c2)OCO3)c1)c1ccccc1. The minimum Gasteiger partial charge on any atom is -0.454 e. The normalized spacial score (nSPS) is 17.8. The fraction of sp³-hybridized carbons (Fsp3) is 0.231. The summed E-state index contributed by atoms with van der Waals surface area (Å²) in [6.45, 7) is 2.20. The lowest BCUT2D eigenvalue weighted by atomic mass is 9.95. The Balaban J connectivity index is 1.38. The van der Waals surface area contributed by atoms with Crippen LogP contribution in [0.1, 0.15) is 35.8 Å². The first-order valence-corrected chi connectivity index (χ1v) is 12.0. The minimum atomic E-state index is -0.220. The second kappa shape index (κ2) is 9.19. The Morgan fingerprint density at radius 3 is 2.70 bits per heavy atom. The Hall–Kier alpha value is -3.45. The van der Waals surface area contributed by atoms with E-state index < -0.39 is 0 Å². The fourth-order valence-corrected chi connectivity index (χ4v) is 5.41. The summed E-state index contributed by atoms with van der Waals surface area (Å²) in [5.41, 5.74) is 3.44. The quantitative estimate of drug-likeness (QED) is 0.539. The highest BCUT2D eigenvalue weighted by molar-refractivity contribution is 8.00. The molecule has 0 radical (unpaired) electrons. The first kappa shape index (κ1) is 21.4. The number of benzene rings is 3. The number of rotatable bonds is 6. The Morgan fingerprint density at radius 2 is 1.88 bits per heavy atom. The molecular weight excluding hydrogens is 436 g/mol. The van der Waals surface area contributed by atoms with Gasteiger partial charge in [0.05, 0.1) is 11.7 Å². The van der Waals surface area contributed by atoms with E-state index >= 15 is 0 Å². The van der Waals surface area contributed by atoms with E-state index in [4.69, 9.17) is 9.47 Å². The highest BCUT2D eigenvalue weighted by atomic mass is 32.2. The van der Waals surface area contributed by atoms with Gasteiger partial charge in [-0.3, -0.25) is 14.5 Å². The smallest absolute Gasteiger partial charge is 0.238 e. The van der Waals surface area contributed by atoms with E-state index in [0.717, 1.165) is 22.5 Å². The summed E-state index contributed by atoms with van der Waals surface area (Å²) in [7, 11) is 0. The van der Waals surface area contributed by atoms with E-state index in [1.165, 1.54) is 0 Å². The van der Waals surface area contributed by atoms with Crippen molar-refractivity contribution >= 4 is 35.0 Å². The molecule has 0 saturated carbocycles. The molecule has 3 aromatic carbocycles. The highest BCUT2D eigenvalue weighted by Crippen LogP contribution is 2.45. The number of hydrogen-bond acceptors (Lipinski definition) is 5. The number of fused-ring (bicyclic) bond motifs is 1. The van der Waals surface area contributed by atoms with E-state index in [2.05, 4.69) is 5.32 Å². The van der Waals surface area contributed by atoms with Crippen molar-refractivity contribution in [2.75, 3.05) is 22.8 Å². The van der Waals surface area contributed by atoms with Crippen molar-refractivity contribution < 1.29 is 19.1 Å². The van der Waals surface area contributed by atoms with E-state index in [0.29, 0.717) is 23.7 Å². The molecule has 1 N–H and O–H groups in total. The average Bonchev–Trinajstić information content (AvgIpc) is 3.46. The van der Waals surface area contributed by atoms with E-state index in [-0.39, 0.29) is 29.9 Å². The first-order chi connectivity index (χ1) is 16.1. The third-order valence-electron chi connectivity index (χ3n) is 5.87. The molecule has 0 aliphatic carbocycles. The third kappa shape index (κ3) is 4.28. The zero-order valence-electron chi connectivity index (χ0n) is 18.2. The largest absolute Gasteiger partial charge is 0.454 e. The van der Waals surface area contributed by atoms with Gasteiger partial charge in [0.2, 0.25) is 18.6 Å². The summed E-state index contributed by atoms with van der Waals surface area (Å²) in [6.07, 6.45) is 0.709. The van der Waals surface area contributed by atoms with Crippen molar-refractivity contribution in [2.24, 2.45) is 0 Å². The van der Waals surface area contributed by atoms with Crippen molar-refractivity contribution in [3.8, 4) is 11.5 Å². The molecule has 1 saturated heterocycles. The molecule has 0 unspecified atom stereocenters. The van der Waals surface area contributed by atoms with Gasteiger partial charge in [-0.15, -0.1) is 11.8 Å². The topological polar surface area (TPSA) is 67.9 Å². The van der Waals surface area contributed by atoms with Gasteiger partial charge in [-0.1, -0.05) is 49.4 Å². The number of hydrogen-bond donors (Lipinski definition) is 1. The van der Waals surface area contributed by atoms with Crippen molar-refractivity contribution in [3.63, 3.8) is 0 Å². The Kier molecular flexibility index (Phi) is 5.96. The van der Waals surface area contributed by atoms with Crippen LogP contribution in [-0.2, 0) is 9.59 Å². The Morgan fingerprint density at radius 1 is 1.06 bits per heavy atom. The number of amides is 2. The molecule has 5 rings (SSSR count). The van der Waals surface area contributed by atoms with Gasteiger partial charge in [-0.2, -0.15) is 0 Å². The number of anilines is 2. The van der Waals surface area contributed by atoms with Gasteiger partial charge < -0.3 is 14.8 Å². The molecule has 2 aliphatic heterocycles. The third-order valence-corrected chi connectivity index (χ3v) is 7.08. The lowest BCUT2D eigenvalue weighted by Gasteiger charge is -2.25. The summed E-state index contributed by atoms with van der Waals surface area (Å²) in [4.78, 5) is 27.6. The maximum atomic E-state index is 13.0. The first-order valence-electron chi connectivity index (χ1n) is 10.9. The fourth-order valence-electron chi connectivity index (χ4n) is 4.24. The van der Waals surface area contributed by atoms with Crippen LogP contribution < -0.4 is 19.7 Å². The zero-order valence-corrected chi connectivity index (χ0v) is 19.0. The number of thioether (sulfide) groups is 1. The molecule has 3 aromatic rings. The molecule has 2 amide bonds. The maximum Gasteiger partial charge on any atom is 0.238 e. The van der Waals surface area contributed by atoms with Crippen LogP contribution in [0.25, 0.3) is 0 Å². The van der Waals surface area contributed by atoms with Crippen molar-refractivity contribution in [2.45, 2.75) is 24.6 Å². The number of nitrogens with one attached hydrogen (secondary N) is 1. The predicted octanol–water partition coefficient (Wildman–Crippen LogP) is 5.33. The van der Waals surface area contributed by atoms with Gasteiger partial charge in [-0.05, 0) is 41.8 Å². The molecule has 7 heteroatoms. The Labute approximate surface area is 196 Å². The maximum absolute atomic E-state index is 13.0. The van der Waals surface area contributed by atoms with Crippen LogP contribution in [0.4, 0.5) is 11.4 Å². The highest BCUT2D eigenvalue weighted by Gasteiger charge is 2.35. The van der Waals surface area contributed by atoms with Crippen molar-refractivity contribution in [3.05, 3.63) is 83.9 Å². The van der Waals surface area contributed by atoms with Gasteiger partial charge in [0, 0.05) is 17.4 Å². The van der Waals surface area contributed by atoms with E-state index in [1.807, 2.05) is 79.7 Å². The van der Waals surface area contributed by atoms with Crippen LogP contribution in [0.5, 0.6) is 11.5 Å². The van der Waals surface area contributed by atoms with Gasteiger partial charge in [-0.25, -0.2) is 0 Å². The molecular formula is C26H24N2O4S. The predicted molar refractivity (Wildman–Crippen MR) is 130 cm³/mol. The summed E-state index contributed by atoms with van der Waals surface area (Å²) in [6, 6.07) is 23.1. The summed E-state index contributed by atoms with van der Waals surface area (Å²) >= 11 is 1.57. The molecule has 6 nitrogen and oxygen atoms in total. The van der Waals surface area contributed by atoms with Crippen LogP contribution >= 0.6 is 11.8 Å². The molecule has 2 heterocycles. The standard InChI is InChI=1S/C26H24N2O4S/c1-2-21(17-7-4-3-5-8-17)25(30)27-19-10-6-9-18(13-19)26-28(24(29)15-33-26)20-11-12-22-23(14-20)32-16-31-22/h3-14,21,26H,2,15-16H2,1H3,(H,27,30)/t21-,26-/m0/s1. The van der Waals surface area contributed by atoms with Crippen molar-refractivity contribution in [1.29, 1.82) is 0 Å². The van der Waals surface area contributed by atoms with Crippen LogP contribution in [0, 0.1) is 0 Å². The van der Waals surface area contributed by atoms with Gasteiger partial charge in [0.25, 0.3) is 0 Å².